The van der Waals surface area contributed by atoms with E-state index in [1.54, 1.807) is 0 Å². The molecule has 0 radical (unpaired) electrons. The number of amides is 1. The molecule has 0 bridgehead atoms. The molecule has 1 N–H and O–H groups in total. The average Bonchev–Trinajstić information content (AvgIpc) is 2.31. The fourth-order valence-corrected chi connectivity index (χ4v) is 2.50. The first-order chi connectivity index (χ1) is 8.93. The van der Waals surface area contributed by atoms with E-state index in [2.05, 4.69) is 17.5 Å². The van der Waals surface area contributed by atoms with E-state index >= 15 is 0 Å². The number of nitrogens with zero attached hydrogens (tertiary/aromatic N) is 2. The maximum absolute atomic E-state index is 12.2. The number of hydrogen-bond acceptors (Lipinski definition) is 3. The summed E-state index contributed by atoms with van der Waals surface area (Å²) in [5, 5.41) is 11.9. The van der Waals surface area contributed by atoms with Gasteiger partial charge in [-0.3, -0.25) is 4.79 Å². The fraction of sp³-hybridized carbons (Fsp3) is 0.467. The third-order valence-corrected chi connectivity index (χ3v) is 3.32. The zero-order valence-electron chi connectivity index (χ0n) is 11.6. The van der Waals surface area contributed by atoms with Gasteiger partial charge in [-0.05, 0) is 38.5 Å². The van der Waals surface area contributed by atoms with Crippen molar-refractivity contribution in [3.63, 3.8) is 0 Å². The molecule has 0 spiro atoms. The van der Waals surface area contributed by atoms with E-state index in [9.17, 15) is 4.79 Å². The molecule has 100 valence electrons. The van der Waals surface area contributed by atoms with Gasteiger partial charge in [0.2, 0.25) is 5.91 Å². The molecule has 1 fully saturated rings. The minimum absolute atomic E-state index is 0.0701. The molecule has 0 aromatic heterocycles. The van der Waals surface area contributed by atoms with Gasteiger partial charge in [-0.25, -0.2) is 0 Å². The van der Waals surface area contributed by atoms with Gasteiger partial charge in [0, 0.05) is 12.2 Å². The molecule has 19 heavy (non-hydrogen) atoms. The minimum atomic E-state index is -0.403. The second kappa shape index (κ2) is 4.93. The first kappa shape index (κ1) is 13.4. The lowest BCUT2D eigenvalue weighted by Crippen LogP contribution is -2.64. The minimum Gasteiger partial charge on any atom is -0.356 e. The lowest BCUT2D eigenvalue weighted by Gasteiger charge is -2.44. The Morgan fingerprint density at radius 1 is 1.53 bits per heavy atom. The first-order valence-corrected chi connectivity index (χ1v) is 6.45. The average molecular weight is 257 g/mol. The molecule has 1 aliphatic heterocycles. The van der Waals surface area contributed by atoms with Gasteiger partial charge in [0.1, 0.15) is 6.04 Å². The number of nitriles is 1. The van der Waals surface area contributed by atoms with Gasteiger partial charge < -0.3 is 10.2 Å². The molecule has 4 heteroatoms. The predicted molar refractivity (Wildman–Crippen MR) is 74.8 cm³/mol. The van der Waals surface area contributed by atoms with Crippen LogP contribution in [-0.4, -0.2) is 24.0 Å². The van der Waals surface area contributed by atoms with Crippen LogP contribution in [0.1, 0.15) is 25.8 Å². The monoisotopic (exact) mass is 257 g/mol. The Balaban J connectivity index is 2.37. The highest BCUT2D eigenvalue weighted by atomic mass is 16.2. The Hall–Kier alpha value is -2.02. The normalized spacial score (nSPS) is 21.7. The summed E-state index contributed by atoms with van der Waals surface area (Å²) in [6.07, 6.45) is 0.204. The van der Waals surface area contributed by atoms with Crippen LogP contribution in [0, 0.1) is 18.3 Å². The third kappa shape index (κ3) is 2.87. The van der Waals surface area contributed by atoms with E-state index in [-0.39, 0.29) is 17.9 Å². The lowest BCUT2D eigenvalue weighted by molar-refractivity contribution is -0.125. The number of anilines is 1. The molecule has 0 aliphatic carbocycles. The summed E-state index contributed by atoms with van der Waals surface area (Å²) < 4.78 is 0. The number of carbonyl (C=O) groups excluding carboxylic acids is 1. The number of benzene rings is 1. The highest BCUT2D eigenvalue weighted by Crippen LogP contribution is 2.26. The highest BCUT2D eigenvalue weighted by Gasteiger charge is 2.38. The maximum atomic E-state index is 12.2. The van der Waals surface area contributed by atoms with Crippen LogP contribution in [0.5, 0.6) is 0 Å². The van der Waals surface area contributed by atoms with E-state index in [0.29, 0.717) is 6.54 Å². The van der Waals surface area contributed by atoms with Crippen LogP contribution in [0.4, 0.5) is 5.69 Å². The number of carbonyl (C=O) groups is 1. The Morgan fingerprint density at radius 3 is 2.89 bits per heavy atom. The summed E-state index contributed by atoms with van der Waals surface area (Å²) in [6, 6.07) is 9.76. The van der Waals surface area contributed by atoms with Crippen molar-refractivity contribution >= 4 is 11.6 Å². The van der Waals surface area contributed by atoms with Gasteiger partial charge in [-0.1, -0.05) is 12.1 Å². The van der Waals surface area contributed by atoms with Gasteiger partial charge in [-0.2, -0.15) is 5.26 Å². The van der Waals surface area contributed by atoms with Crippen LogP contribution in [0.15, 0.2) is 24.3 Å². The van der Waals surface area contributed by atoms with Crippen molar-refractivity contribution in [2.75, 3.05) is 11.4 Å². The molecule has 1 aliphatic rings. The van der Waals surface area contributed by atoms with E-state index in [0.717, 1.165) is 11.3 Å². The fourth-order valence-electron chi connectivity index (χ4n) is 2.50. The number of rotatable bonds is 2. The van der Waals surface area contributed by atoms with Gasteiger partial charge in [0.05, 0.1) is 18.0 Å². The molecule has 1 aromatic carbocycles. The molecule has 1 aromatic rings. The molecule has 1 heterocycles. The summed E-state index contributed by atoms with van der Waals surface area (Å²) in [6.45, 7) is 6.72. The number of piperazine rings is 1. The summed E-state index contributed by atoms with van der Waals surface area (Å²) in [5.41, 5.74) is 1.87. The number of hydrogen-bond donors (Lipinski definition) is 1. The van der Waals surface area contributed by atoms with Crippen molar-refractivity contribution in [2.24, 2.45) is 0 Å². The molecule has 1 saturated heterocycles. The summed E-state index contributed by atoms with van der Waals surface area (Å²) >= 11 is 0. The summed E-state index contributed by atoms with van der Waals surface area (Å²) in [5.74, 6) is -0.0701. The van der Waals surface area contributed by atoms with Crippen LogP contribution >= 0.6 is 0 Å². The van der Waals surface area contributed by atoms with Crippen molar-refractivity contribution in [1.82, 2.24) is 5.32 Å². The molecular formula is C15H19N3O. The Morgan fingerprint density at radius 2 is 2.26 bits per heavy atom. The molecule has 1 atom stereocenters. The highest BCUT2D eigenvalue weighted by molar-refractivity contribution is 5.87. The SMILES string of the molecule is Cc1cccc(N2CC(C)(C)NC(=O)C2CC#N)c1. The quantitative estimate of drug-likeness (QED) is 0.881. The van der Waals surface area contributed by atoms with Crippen LogP contribution in [0.3, 0.4) is 0 Å². The standard InChI is InChI=1S/C15H19N3O/c1-11-5-4-6-12(9-11)18-10-15(2,3)17-14(19)13(18)7-8-16/h4-6,9,13H,7,10H2,1-3H3,(H,17,19). The third-order valence-electron chi connectivity index (χ3n) is 3.32. The van der Waals surface area contributed by atoms with Gasteiger partial charge >= 0.3 is 0 Å². The van der Waals surface area contributed by atoms with Crippen molar-refractivity contribution < 1.29 is 4.79 Å². The van der Waals surface area contributed by atoms with Crippen molar-refractivity contribution in [1.29, 1.82) is 5.26 Å². The maximum Gasteiger partial charge on any atom is 0.244 e. The Bertz CT molecular complexity index is 530. The second-order valence-corrected chi connectivity index (χ2v) is 5.72. The topological polar surface area (TPSA) is 56.1 Å². The van der Waals surface area contributed by atoms with E-state index < -0.39 is 6.04 Å². The van der Waals surface area contributed by atoms with Crippen LogP contribution in [-0.2, 0) is 4.79 Å². The van der Waals surface area contributed by atoms with Crippen LogP contribution in [0.25, 0.3) is 0 Å². The molecular weight excluding hydrogens is 238 g/mol. The Kier molecular flexibility index (Phi) is 3.48. The summed E-state index contributed by atoms with van der Waals surface area (Å²) in [4.78, 5) is 14.2. The number of aryl methyl sites for hydroxylation is 1. The van der Waals surface area contributed by atoms with E-state index in [1.165, 1.54) is 0 Å². The Labute approximate surface area is 114 Å². The van der Waals surface area contributed by atoms with Crippen LogP contribution < -0.4 is 10.2 Å². The lowest BCUT2D eigenvalue weighted by atomic mass is 9.96. The first-order valence-electron chi connectivity index (χ1n) is 6.45. The smallest absolute Gasteiger partial charge is 0.244 e. The molecule has 0 saturated carbocycles. The molecule has 2 rings (SSSR count). The van der Waals surface area contributed by atoms with Crippen molar-refractivity contribution in [3.05, 3.63) is 29.8 Å². The molecule has 1 unspecified atom stereocenters. The van der Waals surface area contributed by atoms with Crippen LogP contribution in [0.2, 0.25) is 0 Å². The van der Waals surface area contributed by atoms with Crippen molar-refractivity contribution in [3.8, 4) is 6.07 Å². The van der Waals surface area contributed by atoms with E-state index in [4.69, 9.17) is 5.26 Å². The van der Waals surface area contributed by atoms with Gasteiger partial charge in [0.15, 0.2) is 0 Å². The summed E-state index contributed by atoms with van der Waals surface area (Å²) in [7, 11) is 0. The zero-order valence-corrected chi connectivity index (χ0v) is 11.6. The van der Waals surface area contributed by atoms with Gasteiger partial charge in [0.25, 0.3) is 0 Å². The van der Waals surface area contributed by atoms with Crippen molar-refractivity contribution in [2.45, 2.75) is 38.8 Å². The van der Waals surface area contributed by atoms with Gasteiger partial charge in [-0.15, -0.1) is 0 Å². The molecule has 1 amide bonds. The largest absolute Gasteiger partial charge is 0.356 e. The predicted octanol–water partition coefficient (Wildman–Crippen LogP) is 1.99. The second-order valence-electron chi connectivity index (χ2n) is 5.72. The van der Waals surface area contributed by atoms with E-state index in [1.807, 2.05) is 43.9 Å². The zero-order chi connectivity index (χ0) is 14.0. The molecule has 4 nitrogen and oxygen atoms in total. The number of nitrogens with one attached hydrogen (secondary N) is 1.